The predicted octanol–water partition coefficient (Wildman–Crippen LogP) is 15.5. The third-order valence-corrected chi connectivity index (χ3v) is 12.7. The van der Waals surface area contributed by atoms with E-state index >= 15 is 0 Å². The molecule has 3 heteroatoms. The molecule has 0 unspecified atom stereocenters. The first-order valence-electron chi connectivity index (χ1n) is 19.0. The van der Waals surface area contributed by atoms with E-state index in [2.05, 4.69) is 170 Å². The lowest BCUT2D eigenvalue weighted by Gasteiger charge is -2.12. The van der Waals surface area contributed by atoms with E-state index in [0.717, 1.165) is 55.4 Å². The third-order valence-electron chi connectivity index (χ3n) is 11.5. The lowest BCUT2D eigenvalue weighted by molar-refractivity contribution is 0.669. The fraction of sp³-hybridized carbons (Fsp3) is 0. The van der Waals surface area contributed by atoms with Gasteiger partial charge in [-0.25, -0.2) is 0 Å². The Morgan fingerprint density at radius 3 is 1.59 bits per heavy atom. The van der Waals surface area contributed by atoms with Gasteiger partial charge in [-0.2, -0.15) is 0 Å². The van der Waals surface area contributed by atoms with E-state index in [1.165, 1.54) is 63.6 Å². The van der Waals surface area contributed by atoms with Gasteiger partial charge in [0.25, 0.3) is 0 Å². The van der Waals surface area contributed by atoms with Crippen molar-refractivity contribution in [2.75, 3.05) is 0 Å². The molecule has 0 spiro atoms. The van der Waals surface area contributed by atoms with Gasteiger partial charge in [0.1, 0.15) is 11.2 Å². The molecule has 0 saturated heterocycles. The average molecular weight is 730 g/mol. The summed E-state index contributed by atoms with van der Waals surface area (Å²) in [7, 11) is 0. The minimum Gasteiger partial charge on any atom is -0.456 e. The molecule has 2 nitrogen and oxygen atoms in total. The van der Waals surface area contributed by atoms with Gasteiger partial charge >= 0.3 is 0 Å². The van der Waals surface area contributed by atoms with E-state index in [1.54, 1.807) is 0 Å². The van der Waals surface area contributed by atoms with Crippen molar-refractivity contribution < 1.29 is 4.42 Å². The Labute approximate surface area is 326 Å². The number of rotatable bonds is 4. The predicted molar refractivity (Wildman–Crippen MR) is 239 cm³/mol. The Kier molecular flexibility index (Phi) is 6.83. The summed E-state index contributed by atoms with van der Waals surface area (Å²) < 4.78 is 8.69. The first-order chi connectivity index (χ1) is 27.7. The molecule has 0 fully saturated rings. The molecule has 0 N–H and O–H groups in total. The van der Waals surface area contributed by atoms with Crippen LogP contribution in [0, 0.1) is 0 Å². The van der Waals surface area contributed by atoms with Crippen molar-refractivity contribution >= 4 is 85.8 Å². The molecule has 0 atom stereocenters. The summed E-state index contributed by atoms with van der Waals surface area (Å²) in [5.74, 6) is 0. The van der Waals surface area contributed by atoms with Crippen molar-refractivity contribution in [3.05, 3.63) is 188 Å². The molecule has 9 aromatic carbocycles. The van der Waals surface area contributed by atoms with E-state index in [9.17, 15) is 0 Å². The molecule has 0 radical (unpaired) electrons. The second kappa shape index (κ2) is 12.2. The highest BCUT2D eigenvalue weighted by atomic mass is 32.1. The number of hydrogen-bond donors (Lipinski definition) is 0. The highest BCUT2D eigenvalue weighted by Crippen LogP contribution is 2.45. The lowest BCUT2D eigenvalue weighted by Crippen LogP contribution is -1.89. The molecular formula is C53H31NOS. The fourth-order valence-electron chi connectivity index (χ4n) is 8.79. The van der Waals surface area contributed by atoms with Crippen LogP contribution in [0.3, 0.4) is 0 Å². The number of aromatic nitrogens is 1. The second-order valence-electron chi connectivity index (χ2n) is 14.7. The summed E-state index contributed by atoms with van der Waals surface area (Å²) >= 11 is 1.84. The van der Waals surface area contributed by atoms with Gasteiger partial charge in [0.15, 0.2) is 0 Å². The first-order valence-corrected chi connectivity index (χ1v) is 19.8. The van der Waals surface area contributed by atoms with Crippen LogP contribution in [0.25, 0.3) is 119 Å². The molecular weight excluding hydrogens is 699 g/mol. The van der Waals surface area contributed by atoms with E-state index in [1.807, 2.05) is 29.7 Å². The zero-order valence-electron chi connectivity index (χ0n) is 30.2. The standard InChI is InChI=1S/C53H31NOS/c1-2-10-32(11-3-1)33-18-20-34(21-19-33)36-26-37(35-22-23-50-47(29-35)43-16-8-9-17-49(43)55-50)28-38(27-36)52-53-44(24-25-54-52)48-30-45-41-14-6-4-12-39(41)40-13-5-7-15-42(40)46(45)31-51(48)56-53/h1-31H. The van der Waals surface area contributed by atoms with E-state index in [0.29, 0.717) is 0 Å². The van der Waals surface area contributed by atoms with Crippen LogP contribution in [-0.2, 0) is 0 Å². The maximum Gasteiger partial charge on any atom is 0.135 e. The zero-order valence-corrected chi connectivity index (χ0v) is 31.0. The molecule has 3 aromatic heterocycles. The van der Waals surface area contributed by atoms with Crippen molar-refractivity contribution in [2.45, 2.75) is 0 Å². The summed E-state index contributed by atoms with van der Waals surface area (Å²) in [5.41, 5.74) is 10.9. The fourth-order valence-corrected chi connectivity index (χ4v) is 10.0. The minimum atomic E-state index is 0.896. The Hall–Kier alpha value is -7.07. The molecule has 12 rings (SSSR count). The number of fused-ring (bicyclic) bond motifs is 12. The number of para-hydroxylation sites is 1. The van der Waals surface area contributed by atoms with Crippen LogP contribution in [0.5, 0.6) is 0 Å². The number of benzene rings is 9. The van der Waals surface area contributed by atoms with Gasteiger partial charge in [-0.3, -0.25) is 4.98 Å². The molecule has 3 heterocycles. The summed E-state index contributed by atoms with van der Waals surface area (Å²) in [4.78, 5) is 5.14. The van der Waals surface area contributed by atoms with Gasteiger partial charge in [0, 0.05) is 38.0 Å². The van der Waals surface area contributed by atoms with Crippen LogP contribution < -0.4 is 0 Å². The zero-order chi connectivity index (χ0) is 36.7. The average Bonchev–Trinajstić information content (AvgIpc) is 3.84. The monoisotopic (exact) mass is 729 g/mol. The van der Waals surface area contributed by atoms with Crippen LogP contribution >= 0.6 is 11.3 Å². The van der Waals surface area contributed by atoms with Crippen LogP contribution in [0.4, 0.5) is 0 Å². The lowest BCUT2D eigenvalue weighted by atomic mass is 9.92. The van der Waals surface area contributed by atoms with Crippen LogP contribution in [0.15, 0.2) is 193 Å². The molecule has 260 valence electrons. The Morgan fingerprint density at radius 1 is 0.321 bits per heavy atom. The molecule has 56 heavy (non-hydrogen) atoms. The van der Waals surface area contributed by atoms with Crippen LogP contribution in [0.1, 0.15) is 0 Å². The Bertz CT molecular complexity index is 3520. The minimum absolute atomic E-state index is 0.896. The topological polar surface area (TPSA) is 26.0 Å². The number of pyridine rings is 1. The second-order valence-corrected chi connectivity index (χ2v) is 15.7. The van der Waals surface area contributed by atoms with Crippen molar-refractivity contribution in [3.8, 4) is 44.6 Å². The van der Waals surface area contributed by atoms with Crippen molar-refractivity contribution in [1.82, 2.24) is 4.98 Å². The number of thiophene rings is 1. The maximum atomic E-state index is 6.22. The first kappa shape index (κ1) is 31.3. The molecule has 0 amide bonds. The van der Waals surface area contributed by atoms with Crippen molar-refractivity contribution in [1.29, 1.82) is 0 Å². The van der Waals surface area contributed by atoms with Crippen LogP contribution in [-0.4, -0.2) is 4.98 Å². The third kappa shape index (κ3) is 4.85. The Balaban J connectivity index is 1.08. The van der Waals surface area contributed by atoms with Gasteiger partial charge in [0.05, 0.1) is 10.4 Å². The van der Waals surface area contributed by atoms with E-state index < -0.39 is 0 Å². The van der Waals surface area contributed by atoms with Crippen molar-refractivity contribution in [2.24, 2.45) is 0 Å². The van der Waals surface area contributed by atoms with E-state index in [4.69, 9.17) is 9.40 Å². The summed E-state index contributed by atoms with van der Waals surface area (Å²) in [6, 6.07) is 65.9. The van der Waals surface area contributed by atoms with E-state index in [-0.39, 0.29) is 0 Å². The summed E-state index contributed by atoms with van der Waals surface area (Å²) in [5, 5.41) is 12.5. The maximum absolute atomic E-state index is 6.22. The molecule has 0 bridgehead atoms. The Morgan fingerprint density at radius 2 is 0.857 bits per heavy atom. The molecule has 12 aromatic rings. The number of hydrogen-bond acceptors (Lipinski definition) is 3. The molecule has 0 saturated carbocycles. The van der Waals surface area contributed by atoms with Crippen molar-refractivity contribution in [3.63, 3.8) is 0 Å². The van der Waals surface area contributed by atoms with Gasteiger partial charge in [-0.15, -0.1) is 11.3 Å². The SMILES string of the molecule is c1ccc(-c2ccc(-c3cc(-c4ccc5oc6ccccc6c5c4)cc(-c4nccc5c4sc4cc6c7ccccc7c7ccccc7c6cc45)c3)cc2)cc1. The highest BCUT2D eigenvalue weighted by molar-refractivity contribution is 7.26. The summed E-state index contributed by atoms with van der Waals surface area (Å²) in [6.07, 6.45) is 1.98. The smallest absolute Gasteiger partial charge is 0.135 e. The largest absolute Gasteiger partial charge is 0.456 e. The van der Waals surface area contributed by atoms with Crippen LogP contribution in [0.2, 0.25) is 0 Å². The van der Waals surface area contributed by atoms with Gasteiger partial charge < -0.3 is 4.42 Å². The quantitative estimate of drug-likeness (QED) is 0.169. The highest BCUT2D eigenvalue weighted by Gasteiger charge is 2.18. The number of nitrogens with zero attached hydrogens (tertiary/aromatic N) is 1. The van der Waals surface area contributed by atoms with Gasteiger partial charge in [0.2, 0.25) is 0 Å². The molecule has 0 aliphatic rings. The van der Waals surface area contributed by atoms with Gasteiger partial charge in [-0.1, -0.05) is 127 Å². The summed E-state index contributed by atoms with van der Waals surface area (Å²) in [6.45, 7) is 0. The normalized spacial score (nSPS) is 11.9. The molecule has 0 aliphatic heterocycles. The number of furan rings is 1. The molecule has 0 aliphatic carbocycles. The van der Waals surface area contributed by atoms with Gasteiger partial charge in [-0.05, 0) is 120 Å².